The average molecular weight is 399 g/mol. The molecule has 3 aromatic carbocycles. The molecule has 0 unspecified atom stereocenters. The number of nitrogens with one attached hydrogen (secondary N) is 2. The lowest BCUT2D eigenvalue weighted by Gasteiger charge is -2.11. The quantitative estimate of drug-likeness (QED) is 0.582. The smallest absolute Gasteiger partial charge is 0.257 e. The van der Waals surface area contributed by atoms with Gasteiger partial charge in [0.1, 0.15) is 0 Å². The molecule has 0 radical (unpaired) electrons. The maximum Gasteiger partial charge on any atom is 0.257 e. The van der Waals surface area contributed by atoms with Crippen LogP contribution in [0.2, 0.25) is 10.0 Å². The molecule has 2 amide bonds. The summed E-state index contributed by atoms with van der Waals surface area (Å²) < 4.78 is 0. The van der Waals surface area contributed by atoms with Gasteiger partial charge in [0, 0.05) is 22.0 Å². The van der Waals surface area contributed by atoms with E-state index in [1.165, 1.54) is 6.07 Å². The van der Waals surface area contributed by atoms with Crippen molar-refractivity contribution in [1.29, 1.82) is 0 Å². The van der Waals surface area contributed by atoms with Crippen LogP contribution in [-0.4, -0.2) is 11.8 Å². The van der Waals surface area contributed by atoms with Crippen molar-refractivity contribution in [3.05, 3.63) is 93.5 Å². The van der Waals surface area contributed by atoms with E-state index in [2.05, 4.69) is 10.6 Å². The van der Waals surface area contributed by atoms with Gasteiger partial charge >= 0.3 is 0 Å². The second-order valence-corrected chi connectivity index (χ2v) is 6.75. The van der Waals surface area contributed by atoms with E-state index in [0.717, 1.165) is 5.56 Å². The Morgan fingerprint density at radius 2 is 1.37 bits per heavy atom. The Labute approximate surface area is 167 Å². The van der Waals surface area contributed by atoms with Gasteiger partial charge in [0.2, 0.25) is 0 Å². The van der Waals surface area contributed by atoms with Crippen LogP contribution < -0.4 is 10.6 Å². The SMILES string of the molecule is Cc1ccc(NC(=O)c2cc(NC(=O)c3ccccc3)ccc2Cl)cc1Cl. The molecule has 0 atom stereocenters. The minimum atomic E-state index is -0.393. The molecule has 0 aliphatic carbocycles. The molecule has 0 spiro atoms. The molecular formula is C21H16Cl2N2O2. The zero-order valence-electron chi connectivity index (χ0n) is 14.4. The van der Waals surface area contributed by atoms with Gasteiger partial charge in [0.15, 0.2) is 0 Å². The van der Waals surface area contributed by atoms with Gasteiger partial charge in [-0.1, -0.05) is 47.5 Å². The number of hydrogen-bond donors (Lipinski definition) is 2. The lowest BCUT2D eigenvalue weighted by Crippen LogP contribution is -2.15. The summed E-state index contributed by atoms with van der Waals surface area (Å²) in [7, 11) is 0. The fourth-order valence-corrected chi connectivity index (χ4v) is 2.82. The zero-order chi connectivity index (χ0) is 19.4. The minimum Gasteiger partial charge on any atom is -0.322 e. The van der Waals surface area contributed by atoms with E-state index in [9.17, 15) is 9.59 Å². The van der Waals surface area contributed by atoms with E-state index in [1.807, 2.05) is 19.1 Å². The van der Waals surface area contributed by atoms with Crippen molar-refractivity contribution in [3.63, 3.8) is 0 Å². The minimum absolute atomic E-state index is 0.249. The van der Waals surface area contributed by atoms with E-state index in [4.69, 9.17) is 23.2 Å². The monoisotopic (exact) mass is 398 g/mol. The second kappa shape index (κ2) is 8.25. The first-order chi connectivity index (χ1) is 12.9. The number of carbonyl (C=O) groups is 2. The zero-order valence-corrected chi connectivity index (χ0v) is 15.9. The lowest BCUT2D eigenvalue weighted by molar-refractivity contribution is 0.101. The van der Waals surface area contributed by atoms with Gasteiger partial charge in [-0.15, -0.1) is 0 Å². The summed E-state index contributed by atoms with van der Waals surface area (Å²) in [5.41, 5.74) is 2.72. The van der Waals surface area contributed by atoms with Crippen molar-refractivity contribution in [3.8, 4) is 0 Å². The standard InChI is InChI=1S/C21H16Cl2N2O2/c1-13-7-8-16(12-19(13)23)25-21(27)17-11-15(9-10-18(17)22)24-20(26)14-5-3-2-4-6-14/h2-12H,1H3,(H,24,26)(H,25,27). The molecular weight excluding hydrogens is 383 g/mol. The molecule has 136 valence electrons. The van der Waals surface area contributed by atoms with Gasteiger partial charge in [0.25, 0.3) is 11.8 Å². The van der Waals surface area contributed by atoms with Crippen LogP contribution in [0.3, 0.4) is 0 Å². The van der Waals surface area contributed by atoms with E-state index in [0.29, 0.717) is 22.0 Å². The highest BCUT2D eigenvalue weighted by Crippen LogP contribution is 2.24. The van der Waals surface area contributed by atoms with Crippen molar-refractivity contribution in [2.45, 2.75) is 6.92 Å². The summed E-state index contributed by atoms with van der Waals surface area (Å²) >= 11 is 12.3. The van der Waals surface area contributed by atoms with Gasteiger partial charge < -0.3 is 10.6 Å². The lowest BCUT2D eigenvalue weighted by atomic mass is 10.1. The molecule has 0 saturated carbocycles. The molecule has 6 heteroatoms. The number of hydrogen-bond acceptors (Lipinski definition) is 2. The molecule has 3 aromatic rings. The molecule has 4 nitrogen and oxygen atoms in total. The van der Waals surface area contributed by atoms with E-state index in [1.54, 1.807) is 48.5 Å². The molecule has 0 fully saturated rings. The average Bonchev–Trinajstić information content (AvgIpc) is 2.67. The molecule has 0 bridgehead atoms. The van der Waals surface area contributed by atoms with Crippen molar-refractivity contribution in [2.24, 2.45) is 0 Å². The molecule has 0 aliphatic heterocycles. The van der Waals surface area contributed by atoms with Crippen LogP contribution in [0.25, 0.3) is 0 Å². The van der Waals surface area contributed by atoms with Crippen LogP contribution in [0, 0.1) is 6.92 Å². The van der Waals surface area contributed by atoms with Crippen LogP contribution in [-0.2, 0) is 0 Å². The Balaban J connectivity index is 1.79. The van der Waals surface area contributed by atoms with Crippen LogP contribution in [0.4, 0.5) is 11.4 Å². The molecule has 0 aliphatic rings. The Hall–Kier alpha value is -2.82. The van der Waals surface area contributed by atoms with Crippen molar-refractivity contribution >= 4 is 46.4 Å². The predicted octanol–water partition coefficient (Wildman–Crippen LogP) is 5.81. The maximum absolute atomic E-state index is 12.6. The highest BCUT2D eigenvalue weighted by Gasteiger charge is 2.14. The summed E-state index contributed by atoms with van der Waals surface area (Å²) in [5, 5.41) is 6.36. The van der Waals surface area contributed by atoms with Gasteiger partial charge in [-0.25, -0.2) is 0 Å². The summed E-state index contributed by atoms with van der Waals surface area (Å²) in [6.07, 6.45) is 0. The topological polar surface area (TPSA) is 58.2 Å². The number of rotatable bonds is 4. The third-order valence-corrected chi connectivity index (χ3v) is 4.67. The highest BCUT2D eigenvalue weighted by atomic mass is 35.5. The van der Waals surface area contributed by atoms with Crippen LogP contribution >= 0.6 is 23.2 Å². The molecule has 0 saturated heterocycles. The van der Waals surface area contributed by atoms with Crippen LogP contribution in [0.5, 0.6) is 0 Å². The third-order valence-electron chi connectivity index (χ3n) is 3.93. The predicted molar refractivity (Wildman–Crippen MR) is 110 cm³/mol. The van der Waals surface area contributed by atoms with Crippen molar-refractivity contribution in [2.75, 3.05) is 10.6 Å². The number of anilines is 2. The third kappa shape index (κ3) is 4.67. The Morgan fingerprint density at radius 3 is 2.07 bits per heavy atom. The Morgan fingerprint density at radius 1 is 0.741 bits per heavy atom. The summed E-state index contributed by atoms with van der Waals surface area (Å²) in [4.78, 5) is 24.9. The second-order valence-electron chi connectivity index (χ2n) is 5.93. The van der Waals surface area contributed by atoms with Gasteiger partial charge in [-0.2, -0.15) is 0 Å². The highest BCUT2D eigenvalue weighted by molar-refractivity contribution is 6.35. The molecule has 2 N–H and O–H groups in total. The first-order valence-electron chi connectivity index (χ1n) is 8.17. The maximum atomic E-state index is 12.6. The normalized spacial score (nSPS) is 10.3. The van der Waals surface area contributed by atoms with Gasteiger partial charge in [-0.3, -0.25) is 9.59 Å². The first-order valence-corrected chi connectivity index (χ1v) is 8.93. The van der Waals surface area contributed by atoms with Crippen molar-refractivity contribution < 1.29 is 9.59 Å². The largest absolute Gasteiger partial charge is 0.322 e. The summed E-state index contributed by atoms with van der Waals surface area (Å²) in [5.74, 6) is -0.662. The van der Waals surface area contributed by atoms with Gasteiger partial charge in [0.05, 0.1) is 10.6 Å². The number of carbonyl (C=O) groups excluding carboxylic acids is 2. The summed E-state index contributed by atoms with van der Waals surface area (Å²) in [6.45, 7) is 1.88. The summed E-state index contributed by atoms with van der Waals surface area (Å²) in [6, 6.07) is 18.8. The number of halogens is 2. The molecule has 0 heterocycles. The van der Waals surface area contributed by atoms with E-state index >= 15 is 0 Å². The van der Waals surface area contributed by atoms with Gasteiger partial charge in [-0.05, 0) is 55.0 Å². The van der Waals surface area contributed by atoms with Crippen LogP contribution in [0.15, 0.2) is 66.7 Å². The number of amides is 2. The molecule has 3 rings (SSSR count). The fraction of sp³-hybridized carbons (Fsp3) is 0.0476. The van der Waals surface area contributed by atoms with E-state index < -0.39 is 5.91 Å². The van der Waals surface area contributed by atoms with E-state index in [-0.39, 0.29) is 16.5 Å². The molecule has 0 aromatic heterocycles. The Kier molecular flexibility index (Phi) is 5.79. The molecule has 27 heavy (non-hydrogen) atoms. The first kappa shape index (κ1) is 19.0. The number of aryl methyl sites for hydroxylation is 1. The fourth-order valence-electron chi connectivity index (χ4n) is 2.44. The number of benzene rings is 3. The Bertz CT molecular complexity index is 1000. The van der Waals surface area contributed by atoms with Crippen LogP contribution in [0.1, 0.15) is 26.3 Å². The van der Waals surface area contributed by atoms with Crippen molar-refractivity contribution in [1.82, 2.24) is 0 Å².